The second-order valence-corrected chi connectivity index (χ2v) is 4.59. The summed E-state index contributed by atoms with van der Waals surface area (Å²) in [5.74, 6) is 0. The normalized spacial score (nSPS) is 15.0. The Morgan fingerprint density at radius 3 is 2.53 bits per heavy atom. The van der Waals surface area contributed by atoms with Gasteiger partial charge in [0.15, 0.2) is 0 Å². The van der Waals surface area contributed by atoms with Crippen LogP contribution in [0.3, 0.4) is 0 Å². The van der Waals surface area contributed by atoms with Gasteiger partial charge in [0.2, 0.25) is 0 Å². The lowest BCUT2D eigenvalue weighted by Gasteiger charge is -2.24. The van der Waals surface area contributed by atoms with Gasteiger partial charge in [-0.3, -0.25) is 0 Å². The smallest absolute Gasteiger partial charge is 0.0868 e. The Morgan fingerprint density at radius 1 is 1.33 bits per heavy atom. The van der Waals surface area contributed by atoms with E-state index < -0.39 is 5.60 Å². The largest absolute Gasteiger partial charge is 0.385 e. The number of benzene rings is 1. The zero-order valence-electron chi connectivity index (χ0n) is 9.68. The molecule has 0 aliphatic heterocycles. The van der Waals surface area contributed by atoms with Gasteiger partial charge in [-0.05, 0) is 37.0 Å². The van der Waals surface area contributed by atoms with Crippen molar-refractivity contribution in [3.63, 3.8) is 0 Å². The molecule has 1 atom stereocenters. The van der Waals surface area contributed by atoms with Crippen molar-refractivity contribution in [2.24, 2.45) is 0 Å². The number of hydrogen-bond donors (Lipinski definition) is 1. The molecule has 0 aliphatic rings. The van der Waals surface area contributed by atoms with Gasteiger partial charge in [0.05, 0.1) is 5.60 Å². The molecular formula is C13H19ClO. The van der Waals surface area contributed by atoms with Gasteiger partial charge >= 0.3 is 0 Å². The van der Waals surface area contributed by atoms with E-state index in [1.54, 1.807) is 0 Å². The van der Waals surface area contributed by atoms with Crippen LogP contribution in [-0.4, -0.2) is 5.11 Å². The number of halogens is 1. The zero-order valence-corrected chi connectivity index (χ0v) is 10.4. The van der Waals surface area contributed by atoms with E-state index in [4.69, 9.17) is 11.6 Å². The third-order valence-corrected chi connectivity index (χ3v) is 3.15. The quantitative estimate of drug-likeness (QED) is 0.826. The molecule has 0 aromatic heterocycles. The Bertz CT molecular complexity index is 331. The van der Waals surface area contributed by atoms with E-state index in [1.165, 1.54) is 0 Å². The molecule has 0 unspecified atom stereocenters. The van der Waals surface area contributed by atoms with Gasteiger partial charge in [-0.15, -0.1) is 0 Å². The molecule has 1 rings (SSSR count). The van der Waals surface area contributed by atoms with Gasteiger partial charge in [0, 0.05) is 5.02 Å². The van der Waals surface area contributed by atoms with Crippen molar-refractivity contribution in [1.82, 2.24) is 0 Å². The fraction of sp³-hybridized carbons (Fsp3) is 0.538. The highest BCUT2D eigenvalue weighted by Gasteiger charge is 2.22. The van der Waals surface area contributed by atoms with E-state index >= 15 is 0 Å². The van der Waals surface area contributed by atoms with Crippen molar-refractivity contribution >= 4 is 11.6 Å². The second-order valence-electron chi connectivity index (χ2n) is 4.18. The SMILES string of the molecule is CCC[C@](C)(O)c1ccc(Cl)c(CC)c1. The molecule has 0 spiro atoms. The summed E-state index contributed by atoms with van der Waals surface area (Å²) in [5.41, 5.74) is 1.33. The maximum atomic E-state index is 10.3. The molecule has 1 aromatic carbocycles. The zero-order chi connectivity index (χ0) is 11.5. The highest BCUT2D eigenvalue weighted by atomic mass is 35.5. The van der Waals surface area contributed by atoms with Crippen LogP contribution in [-0.2, 0) is 12.0 Å². The van der Waals surface area contributed by atoms with Gasteiger partial charge in [-0.25, -0.2) is 0 Å². The average molecular weight is 227 g/mol. The number of aliphatic hydroxyl groups is 1. The molecule has 0 saturated carbocycles. The van der Waals surface area contributed by atoms with Crippen LogP contribution in [0, 0.1) is 0 Å². The lowest BCUT2D eigenvalue weighted by molar-refractivity contribution is 0.0469. The van der Waals surface area contributed by atoms with Crippen molar-refractivity contribution in [1.29, 1.82) is 0 Å². The van der Waals surface area contributed by atoms with E-state index in [0.717, 1.165) is 35.4 Å². The van der Waals surface area contributed by atoms with E-state index in [1.807, 2.05) is 25.1 Å². The van der Waals surface area contributed by atoms with E-state index in [0.29, 0.717) is 0 Å². The third kappa shape index (κ3) is 2.96. The second kappa shape index (κ2) is 5.00. The predicted octanol–water partition coefficient (Wildman–Crippen LogP) is 3.91. The average Bonchev–Trinajstić information content (AvgIpc) is 2.18. The van der Waals surface area contributed by atoms with Crippen LogP contribution in [0.4, 0.5) is 0 Å². The minimum Gasteiger partial charge on any atom is -0.385 e. The molecule has 1 nitrogen and oxygen atoms in total. The molecule has 0 aliphatic carbocycles. The molecule has 84 valence electrons. The van der Waals surface area contributed by atoms with Crippen LogP contribution in [0.5, 0.6) is 0 Å². The number of rotatable bonds is 4. The van der Waals surface area contributed by atoms with Crippen LogP contribution >= 0.6 is 11.6 Å². The maximum absolute atomic E-state index is 10.3. The van der Waals surface area contributed by atoms with Crippen LogP contribution in [0.25, 0.3) is 0 Å². The minimum absolute atomic E-state index is 0.733. The van der Waals surface area contributed by atoms with Gasteiger partial charge in [-0.2, -0.15) is 0 Å². The minimum atomic E-state index is -0.733. The van der Waals surface area contributed by atoms with E-state index in [-0.39, 0.29) is 0 Å². The van der Waals surface area contributed by atoms with Crippen molar-refractivity contribution < 1.29 is 5.11 Å². The summed E-state index contributed by atoms with van der Waals surface area (Å²) in [6.45, 7) is 6.00. The fourth-order valence-corrected chi connectivity index (χ4v) is 2.06. The van der Waals surface area contributed by atoms with Gasteiger partial charge in [0.1, 0.15) is 0 Å². The summed E-state index contributed by atoms with van der Waals surface area (Å²) in [4.78, 5) is 0. The molecule has 0 radical (unpaired) electrons. The van der Waals surface area contributed by atoms with Crippen LogP contribution in [0.2, 0.25) is 5.02 Å². The molecule has 1 aromatic rings. The van der Waals surface area contributed by atoms with E-state index in [9.17, 15) is 5.11 Å². The molecule has 1 N–H and O–H groups in total. The van der Waals surface area contributed by atoms with Crippen molar-refractivity contribution in [2.75, 3.05) is 0 Å². The molecule has 0 bridgehead atoms. The fourth-order valence-electron chi connectivity index (χ4n) is 1.81. The maximum Gasteiger partial charge on any atom is 0.0868 e. The molecule has 15 heavy (non-hydrogen) atoms. The highest BCUT2D eigenvalue weighted by Crippen LogP contribution is 2.29. The van der Waals surface area contributed by atoms with Crippen LogP contribution in [0.15, 0.2) is 18.2 Å². The van der Waals surface area contributed by atoms with E-state index in [2.05, 4.69) is 13.8 Å². The molecular weight excluding hydrogens is 208 g/mol. The Balaban J connectivity index is 3.04. The highest BCUT2D eigenvalue weighted by molar-refractivity contribution is 6.31. The summed E-state index contributed by atoms with van der Waals surface area (Å²) in [7, 11) is 0. The van der Waals surface area contributed by atoms with Crippen LogP contribution in [0.1, 0.15) is 44.7 Å². The van der Waals surface area contributed by atoms with Crippen molar-refractivity contribution in [3.8, 4) is 0 Å². The summed E-state index contributed by atoms with van der Waals surface area (Å²) < 4.78 is 0. The molecule has 0 heterocycles. The summed E-state index contributed by atoms with van der Waals surface area (Å²) in [5, 5.41) is 11.0. The standard InChI is InChI=1S/C13H19ClO/c1-4-8-13(3,15)11-6-7-12(14)10(5-2)9-11/h6-7,9,15H,4-5,8H2,1-3H3/t13-/m0/s1. The first-order chi connectivity index (χ1) is 7.01. The summed E-state index contributed by atoms with van der Waals surface area (Å²) >= 11 is 6.04. The Morgan fingerprint density at radius 2 is 2.00 bits per heavy atom. The monoisotopic (exact) mass is 226 g/mol. The molecule has 0 saturated heterocycles. The number of aryl methyl sites for hydroxylation is 1. The van der Waals surface area contributed by atoms with Gasteiger partial charge in [-0.1, -0.05) is 44.0 Å². The first-order valence-corrected chi connectivity index (χ1v) is 5.90. The molecule has 0 fully saturated rings. The Kier molecular flexibility index (Phi) is 4.18. The van der Waals surface area contributed by atoms with Gasteiger partial charge in [0.25, 0.3) is 0 Å². The lowest BCUT2D eigenvalue weighted by atomic mass is 9.90. The summed E-state index contributed by atoms with van der Waals surface area (Å²) in [6.07, 6.45) is 2.64. The molecule has 2 heteroatoms. The first-order valence-electron chi connectivity index (χ1n) is 5.52. The van der Waals surface area contributed by atoms with Crippen molar-refractivity contribution in [3.05, 3.63) is 34.3 Å². The third-order valence-electron chi connectivity index (χ3n) is 2.79. The van der Waals surface area contributed by atoms with Gasteiger partial charge < -0.3 is 5.11 Å². The summed E-state index contributed by atoms with van der Waals surface area (Å²) in [6, 6.07) is 5.80. The van der Waals surface area contributed by atoms with Crippen LogP contribution < -0.4 is 0 Å². The first kappa shape index (κ1) is 12.5. The number of hydrogen-bond acceptors (Lipinski definition) is 1. The predicted molar refractivity (Wildman–Crippen MR) is 65.3 cm³/mol. The topological polar surface area (TPSA) is 20.2 Å². The Hall–Kier alpha value is -0.530. The Labute approximate surface area is 97.1 Å². The lowest BCUT2D eigenvalue weighted by Crippen LogP contribution is -2.20. The molecule has 0 amide bonds. The van der Waals surface area contributed by atoms with Crippen molar-refractivity contribution in [2.45, 2.75) is 45.6 Å².